The first-order valence-electron chi connectivity index (χ1n) is 5.93. The molecule has 102 valence electrons. The Labute approximate surface area is 116 Å². The molecular weight excluding hydrogens is 264 g/mol. The third kappa shape index (κ3) is 3.27. The summed E-state index contributed by atoms with van der Waals surface area (Å²) in [4.78, 5) is 23.4. The van der Waals surface area contributed by atoms with E-state index in [-0.39, 0.29) is 17.9 Å². The largest absolute Gasteiger partial charge is 0.465 e. The normalized spacial score (nSPS) is 18.1. The molecule has 1 aromatic carbocycles. The monoisotopic (exact) mass is 280 g/mol. The van der Waals surface area contributed by atoms with Gasteiger partial charge in [0.15, 0.2) is 0 Å². The number of hydrogen-bond donors (Lipinski definition) is 2. The van der Waals surface area contributed by atoms with Gasteiger partial charge in [0, 0.05) is 17.3 Å². The van der Waals surface area contributed by atoms with Crippen LogP contribution in [-0.4, -0.2) is 36.7 Å². The lowest BCUT2D eigenvalue weighted by molar-refractivity contribution is -0.117. The van der Waals surface area contributed by atoms with Gasteiger partial charge in [-0.2, -0.15) is 0 Å². The van der Waals surface area contributed by atoms with Crippen molar-refractivity contribution in [3.63, 3.8) is 0 Å². The summed E-state index contributed by atoms with van der Waals surface area (Å²) in [6.07, 6.45) is 0. The lowest BCUT2D eigenvalue weighted by Gasteiger charge is -2.12. The third-order valence-corrected chi connectivity index (χ3v) is 3.87. The van der Waals surface area contributed by atoms with Gasteiger partial charge < -0.3 is 10.1 Å². The molecule has 5 nitrogen and oxygen atoms in total. The Morgan fingerprint density at radius 1 is 1.47 bits per heavy atom. The highest BCUT2D eigenvalue weighted by Crippen LogP contribution is 2.17. The van der Waals surface area contributed by atoms with Crippen molar-refractivity contribution in [1.29, 1.82) is 0 Å². The molecule has 1 aliphatic rings. The SMILES string of the molecule is COC(=O)c1ccc(NC(=O)C2CSCN2)cc1C. The number of esters is 1. The van der Waals surface area contributed by atoms with Gasteiger partial charge in [0.25, 0.3) is 0 Å². The zero-order valence-electron chi connectivity index (χ0n) is 10.9. The number of ether oxygens (including phenoxy) is 1. The number of hydrogen-bond acceptors (Lipinski definition) is 5. The number of nitrogens with one attached hydrogen (secondary N) is 2. The van der Waals surface area contributed by atoms with E-state index in [1.54, 1.807) is 30.0 Å². The molecule has 0 radical (unpaired) electrons. The van der Waals surface area contributed by atoms with Crippen molar-refractivity contribution < 1.29 is 14.3 Å². The highest BCUT2D eigenvalue weighted by Gasteiger charge is 2.22. The number of thioether (sulfide) groups is 1. The van der Waals surface area contributed by atoms with E-state index < -0.39 is 0 Å². The van der Waals surface area contributed by atoms with Gasteiger partial charge in [-0.1, -0.05) is 0 Å². The molecule has 0 spiro atoms. The van der Waals surface area contributed by atoms with Crippen LogP contribution in [0.4, 0.5) is 5.69 Å². The summed E-state index contributed by atoms with van der Waals surface area (Å²) in [6, 6.07) is 4.99. The van der Waals surface area contributed by atoms with Crippen molar-refractivity contribution in [3.05, 3.63) is 29.3 Å². The Morgan fingerprint density at radius 3 is 2.84 bits per heavy atom. The molecule has 0 aliphatic carbocycles. The van der Waals surface area contributed by atoms with Gasteiger partial charge in [-0.3, -0.25) is 10.1 Å². The molecule has 1 aliphatic heterocycles. The Bertz CT molecular complexity index is 499. The summed E-state index contributed by atoms with van der Waals surface area (Å²) in [5.74, 6) is 1.17. The molecule has 0 aromatic heterocycles. The highest BCUT2D eigenvalue weighted by atomic mass is 32.2. The predicted molar refractivity (Wildman–Crippen MR) is 75.4 cm³/mol. The minimum absolute atomic E-state index is 0.0461. The molecule has 1 saturated heterocycles. The van der Waals surface area contributed by atoms with E-state index in [9.17, 15) is 9.59 Å². The predicted octanol–water partition coefficient (Wildman–Crippen LogP) is 1.38. The minimum atomic E-state index is -0.371. The second-order valence-corrected chi connectivity index (χ2v) is 5.31. The molecule has 19 heavy (non-hydrogen) atoms. The topological polar surface area (TPSA) is 67.4 Å². The molecule has 1 heterocycles. The first-order chi connectivity index (χ1) is 9.11. The van der Waals surface area contributed by atoms with Gasteiger partial charge in [0.05, 0.1) is 18.7 Å². The van der Waals surface area contributed by atoms with Crippen LogP contribution >= 0.6 is 11.8 Å². The van der Waals surface area contributed by atoms with E-state index in [4.69, 9.17) is 0 Å². The molecule has 1 unspecified atom stereocenters. The van der Waals surface area contributed by atoms with Crippen LogP contribution in [-0.2, 0) is 9.53 Å². The maximum atomic E-state index is 11.9. The summed E-state index contributed by atoms with van der Waals surface area (Å²) >= 11 is 1.70. The average molecular weight is 280 g/mol. The van der Waals surface area contributed by atoms with Gasteiger partial charge in [-0.25, -0.2) is 4.79 Å². The number of benzene rings is 1. The quantitative estimate of drug-likeness (QED) is 0.819. The zero-order chi connectivity index (χ0) is 13.8. The van der Waals surface area contributed by atoms with Gasteiger partial charge in [0.1, 0.15) is 0 Å². The second kappa shape index (κ2) is 6.08. The van der Waals surface area contributed by atoms with E-state index in [1.807, 2.05) is 6.92 Å². The molecule has 1 fully saturated rings. The van der Waals surface area contributed by atoms with Crippen molar-refractivity contribution in [1.82, 2.24) is 5.32 Å². The van der Waals surface area contributed by atoms with E-state index in [1.165, 1.54) is 7.11 Å². The van der Waals surface area contributed by atoms with Crippen LogP contribution < -0.4 is 10.6 Å². The Morgan fingerprint density at radius 2 is 2.26 bits per heavy atom. The third-order valence-electron chi connectivity index (χ3n) is 2.93. The average Bonchev–Trinajstić information content (AvgIpc) is 2.92. The first-order valence-corrected chi connectivity index (χ1v) is 7.08. The van der Waals surface area contributed by atoms with Crippen molar-refractivity contribution in [3.8, 4) is 0 Å². The van der Waals surface area contributed by atoms with Crippen LogP contribution in [0.2, 0.25) is 0 Å². The number of aryl methyl sites for hydroxylation is 1. The van der Waals surface area contributed by atoms with Crippen LogP contribution in [0.15, 0.2) is 18.2 Å². The fraction of sp³-hybridized carbons (Fsp3) is 0.385. The Balaban J connectivity index is 2.07. The standard InChI is InChI=1S/C13H16N2O3S/c1-8-5-9(3-4-10(8)13(17)18-2)15-12(16)11-6-19-7-14-11/h3-5,11,14H,6-7H2,1-2H3,(H,15,16). The lowest BCUT2D eigenvalue weighted by Crippen LogP contribution is -2.37. The van der Waals surface area contributed by atoms with Crippen molar-refractivity contribution in [2.45, 2.75) is 13.0 Å². The Kier molecular flexibility index (Phi) is 4.44. The van der Waals surface area contributed by atoms with Crippen LogP contribution in [0, 0.1) is 6.92 Å². The number of anilines is 1. The summed E-state index contributed by atoms with van der Waals surface area (Å²) in [7, 11) is 1.35. The number of methoxy groups -OCH3 is 1. The number of rotatable bonds is 3. The summed E-state index contributed by atoms with van der Waals surface area (Å²) < 4.78 is 4.68. The second-order valence-electron chi connectivity index (χ2n) is 4.28. The number of amides is 1. The summed E-state index contributed by atoms with van der Waals surface area (Å²) in [5, 5.41) is 5.95. The highest BCUT2D eigenvalue weighted by molar-refractivity contribution is 7.99. The van der Waals surface area contributed by atoms with Crippen LogP contribution in [0.25, 0.3) is 0 Å². The maximum absolute atomic E-state index is 11.9. The smallest absolute Gasteiger partial charge is 0.338 e. The molecule has 6 heteroatoms. The van der Waals surface area contributed by atoms with Gasteiger partial charge >= 0.3 is 5.97 Å². The zero-order valence-corrected chi connectivity index (χ0v) is 11.7. The lowest BCUT2D eigenvalue weighted by atomic mass is 10.1. The van der Waals surface area contributed by atoms with Crippen molar-refractivity contribution >= 4 is 29.3 Å². The van der Waals surface area contributed by atoms with Crippen molar-refractivity contribution in [2.24, 2.45) is 0 Å². The van der Waals surface area contributed by atoms with Crippen LogP contribution in [0.1, 0.15) is 15.9 Å². The van der Waals surface area contributed by atoms with E-state index in [0.717, 1.165) is 17.2 Å². The van der Waals surface area contributed by atoms with Crippen LogP contribution in [0.3, 0.4) is 0 Å². The molecule has 1 aromatic rings. The molecule has 1 amide bonds. The van der Waals surface area contributed by atoms with E-state index in [2.05, 4.69) is 15.4 Å². The van der Waals surface area contributed by atoms with Crippen molar-refractivity contribution in [2.75, 3.05) is 24.1 Å². The van der Waals surface area contributed by atoms with E-state index in [0.29, 0.717) is 11.3 Å². The molecular formula is C13H16N2O3S. The Hall–Kier alpha value is -1.53. The van der Waals surface area contributed by atoms with Gasteiger partial charge in [-0.05, 0) is 30.7 Å². The minimum Gasteiger partial charge on any atom is -0.465 e. The summed E-state index contributed by atoms with van der Waals surface area (Å²) in [6.45, 7) is 1.81. The maximum Gasteiger partial charge on any atom is 0.338 e. The number of carbonyl (C=O) groups is 2. The molecule has 0 bridgehead atoms. The fourth-order valence-corrected chi connectivity index (χ4v) is 2.82. The van der Waals surface area contributed by atoms with E-state index >= 15 is 0 Å². The van der Waals surface area contributed by atoms with Gasteiger partial charge in [-0.15, -0.1) is 11.8 Å². The molecule has 2 rings (SSSR count). The fourth-order valence-electron chi connectivity index (χ4n) is 1.87. The summed E-state index contributed by atoms with van der Waals surface area (Å²) in [5.41, 5.74) is 1.97. The first kappa shape index (κ1) is 13.9. The molecule has 1 atom stereocenters. The molecule has 2 N–H and O–H groups in total. The van der Waals surface area contributed by atoms with Crippen LogP contribution in [0.5, 0.6) is 0 Å². The molecule has 0 saturated carbocycles. The van der Waals surface area contributed by atoms with Gasteiger partial charge in [0.2, 0.25) is 5.91 Å². The number of carbonyl (C=O) groups excluding carboxylic acids is 2.